The maximum absolute atomic E-state index is 14.0. The van der Waals surface area contributed by atoms with Crippen LogP contribution in [0.3, 0.4) is 0 Å². The second-order valence-electron chi connectivity index (χ2n) is 9.17. The third kappa shape index (κ3) is 4.65. The molecule has 1 saturated carbocycles. The number of nitrogens with zero attached hydrogens (tertiary/aromatic N) is 2. The third-order valence-corrected chi connectivity index (χ3v) is 7.46. The zero-order valence-electron chi connectivity index (χ0n) is 18.7. The number of ether oxygens (including phenoxy) is 1. The molecule has 2 fully saturated rings. The number of hydrogen-bond acceptors (Lipinski definition) is 5. The highest BCUT2D eigenvalue weighted by Crippen LogP contribution is 2.35. The van der Waals surface area contributed by atoms with E-state index in [0.717, 1.165) is 54.5 Å². The highest BCUT2D eigenvalue weighted by Gasteiger charge is 2.31. The standard InChI is InChI=1S/C26H29ClFN3O2/c1-33-20-9-11-31(15-20)19-5-3-18(4-6-19)30-25-8-10-29-24-7-2-16(12-21(24)25)17-13-22(27)26(32)23(28)14-17/h2,7-8,10,12-14,18-20,32H,3-6,9,11,15H2,1H3,(H,29,30). The fourth-order valence-corrected chi connectivity index (χ4v) is 5.47. The molecule has 5 rings (SSSR count). The number of rotatable bonds is 5. The lowest BCUT2D eigenvalue weighted by atomic mass is 9.90. The number of methoxy groups -OCH3 is 1. The average Bonchev–Trinajstić information content (AvgIpc) is 3.32. The van der Waals surface area contributed by atoms with Crippen LogP contribution >= 0.6 is 11.6 Å². The topological polar surface area (TPSA) is 57.6 Å². The lowest BCUT2D eigenvalue weighted by Crippen LogP contribution is -2.39. The summed E-state index contributed by atoms with van der Waals surface area (Å²) in [5.74, 6) is -1.25. The molecule has 1 unspecified atom stereocenters. The zero-order valence-corrected chi connectivity index (χ0v) is 19.5. The number of pyridine rings is 1. The van der Waals surface area contributed by atoms with Crippen molar-refractivity contribution in [3.63, 3.8) is 0 Å². The highest BCUT2D eigenvalue weighted by atomic mass is 35.5. The predicted molar refractivity (Wildman–Crippen MR) is 130 cm³/mol. The van der Waals surface area contributed by atoms with E-state index in [9.17, 15) is 9.50 Å². The smallest absolute Gasteiger partial charge is 0.170 e. The summed E-state index contributed by atoms with van der Waals surface area (Å²) in [6, 6.07) is 11.8. The Morgan fingerprint density at radius 3 is 2.64 bits per heavy atom. The minimum Gasteiger partial charge on any atom is -0.504 e. The van der Waals surface area contributed by atoms with E-state index >= 15 is 0 Å². The monoisotopic (exact) mass is 469 g/mol. The van der Waals surface area contributed by atoms with E-state index in [0.29, 0.717) is 23.8 Å². The van der Waals surface area contributed by atoms with Crippen molar-refractivity contribution in [2.75, 3.05) is 25.5 Å². The summed E-state index contributed by atoms with van der Waals surface area (Å²) >= 11 is 6.00. The minimum atomic E-state index is -0.728. The van der Waals surface area contributed by atoms with E-state index in [4.69, 9.17) is 16.3 Å². The molecule has 7 heteroatoms. The molecule has 174 valence electrons. The first-order chi connectivity index (χ1) is 16.0. The van der Waals surface area contributed by atoms with Crippen molar-refractivity contribution in [1.82, 2.24) is 9.88 Å². The minimum absolute atomic E-state index is 0.00112. The fraction of sp³-hybridized carbons (Fsp3) is 0.423. The number of aromatic nitrogens is 1. The van der Waals surface area contributed by atoms with Gasteiger partial charge >= 0.3 is 0 Å². The van der Waals surface area contributed by atoms with Crippen LogP contribution in [0.4, 0.5) is 10.1 Å². The van der Waals surface area contributed by atoms with E-state index in [1.807, 2.05) is 37.6 Å². The Morgan fingerprint density at radius 1 is 1.09 bits per heavy atom. The Kier molecular flexibility index (Phi) is 6.41. The Bertz CT molecular complexity index is 1130. The molecule has 1 aliphatic heterocycles. The summed E-state index contributed by atoms with van der Waals surface area (Å²) in [7, 11) is 1.81. The van der Waals surface area contributed by atoms with Crippen LogP contribution in [-0.4, -0.2) is 53.4 Å². The van der Waals surface area contributed by atoms with Gasteiger partial charge in [0.15, 0.2) is 11.6 Å². The summed E-state index contributed by atoms with van der Waals surface area (Å²) in [6.45, 7) is 2.19. The van der Waals surface area contributed by atoms with Gasteiger partial charge < -0.3 is 15.2 Å². The van der Waals surface area contributed by atoms with Crippen molar-refractivity contribution in [3.05, 3.63) is 53.4 Å². The molecule has 33 heavy (non-hydrogen) atoms. The van der Waals surface area contributed by atoms with Gasteiger partial charge in [0.05, 0.1) is 16.6 Å². The van der Waals surface area contributed by atoms with Crippen LogP contribution in [-0.2, 0) is 4.74 Å². The van der Waals surface area contributed by atoms with E-state index < -0.39 is 11.6 Å². The Labute approximate surface area is 198 Å². The van der Waals surface area contributed by atoms with Crippen LogP contribution in [0.5, 0.6) is 5.75 Å². The molecule has 2 aliphatic rings. The second-order valence-corrected chi connectivity index (χ2v) is 9.58. The van der Waals surface area contributed by atoms with Crippen LogP contribution in [0, 0.1) is 5.82 Å². The summed E-state index contributed by atoms with van der Waals surface area (Å²) in [4.78, 5) is 7.10. The Morgan fingerprint density at radius 2 is 1.91 bits per heavy atom. The number of aromatic hydroxyl groups is 1. The van der Waals surface area contributed by atoms with E-state index in [1.165, 1.54) is 18.9 Å². The highest BCUT2D eigenvalue weighted by molar-refractivity contribution is 6.32. The Hall–Kier alpha value is -2.41. The molecular weight excluding hydrogens is 441 g/mol. The van der Waals surface area contributed by atoms with Gasteiger partial charge in [0.25, 0.3) is 0 Å². The molecule has 2 N–H and O–H groups in total. The number of likely N-dealkylation sites (tertiary alicyclic amines) is 1. The number of benzene rings is 2. The first-order valence-corrected chi connectivity index (χ1v) is 12.0. The number of phenols is 1. The van der Waals surface area contributed by atoms with Crippen molar-refractivity contribution < 1.29 is 14.2 Å². The number of nitrogens with one attached hydrogen (secondary N) is 1. The van der Waals surface area contributed by atoms with E-state index in [1.54, 1.807) is 6.07 Å². The van der Waals surface area contributed by atoms with Gasteiger partial charge in [-0.2, -0.15) is 0 Å². The molecule has 1 atom stereocenters. The molecule has 3 aromatic rings. The summed E-state index contributed by atoms with van der Waals surface area (Å²) < 4.78 is 19.6. The van der Waals surface area contributed by atoms with Crippen molar-refractivity contribution in [1.29, 1.82) is 0 Å². The van der Waals surface area contributed by atoms with E-state index in [2.05, 4.69) is 15.2 Å². The van der Waals surface area contributed by atoms with Crippen LogP contribution in [0.2, 0.25) is 5.02 Å². The predicted octanol–water partition coefficient (Wildman–Crippen LogP) is 5.84. The first kappa shape index (κ1) is 22.4. The maximum Gasteiger partial charge on any atom is 0.170 e. The number of anilines is 1. The van der Waals surface area contributed by atoms with E-state index in [-0.39, 0.29) is 5.02 Å². The van der Waals surface area contributed by atoms with Crippen molar-refractivity contribution in [2.45, 2.75) is 50.3 Å². The second kappa shape index (κ2) is 9.45. The first-order valence-electron chi connectivity index (χ1n) is 11.6. The molecule has 2 heterocycles. The Balaban J connectivity index is 1.32. The van der Waals surface area contributed by atoms with Gasteiger partial charge in [-0.05, 0) is 73.6 Å². The zero-order chi connectivity index (χ0) is 22.9. The molecule has 1 aromatic heterocycles. The fourth-order valence-electron chi connectivity index (χ4n) is 5.27. The van der Waals surface area contributed by atoms with Gasteiger partial charge in [-0.25, -0.2) is 4.39 Å². The molecule has 1 saturated heterocycles. The summed E-state index contributed by atoms with van der Waals surface area (Å²) in [6.07, 6.45) is 7.97. The van der Waals surface area contributed by atoms with Crippen LogP contribution < -0.4 is 5.32 Å². The van der Waals surface area contributed by atoms with Crippen molar-refractivity contribution >= 4 is 28.2 Å². The SMILES string of the molecule is COC1CCN(C2CCC(Nc3ccnc4ccc(-c5cc(F)c(O)c(Cl)c5)cc34)CC2)C1. The quantitative estimate of drug-likeness (QED) is 0.491. The molecule has 2 aromatic carbocycles. The normalized spacial score (nSPS) is 23.8. The molecule has 1 aliphatic carbocycles. The van der Waals surface area contributed by atoms with Crippen molar-refractivity contribution in [3.8, 4) is 16.9 Å². The average molecular weight is 470 g/mol. The molecule has 0 radical (unpaired) electrons. The lowest BCUT2D eigenvalue weighted by molar-refractivity contribution is 0.0947. The van der Waals surface area contributed by atoms with Gasteiger partial charge in [0.2, 0.25) is 0 Å². The van der Waals surface area contributed by atoms with Crippen LogP contribution in [0.15, 0.2) is 42.6 Å². The number of hydrogen-bond donors (Lipinski definition) is 2. The molecule has 0 bridgehead atoms. The summed E-state index contributed by atoms with van der Waals surface area (Å²) in [5.41, 5.74) is 3.36. The van der Waals surface area contributed by atoms with Gasteiger partial charge in [-0.3, -0.25) is 9.88 Å². The molecule has 0 amide bonds. The van der Waals surface area contributed by atoms with Gasteiger partial charge in [0, 0.05) is 49.6 Å². The molecule has 5 nitrogen and oxygen atoms in total. The molecular formula is C26H29ClFN3O2. The van der Waals surface area contributed by atoms with Gasteiger partial charge in [-0.1, -0.05) is 17.7 Å². The van der Waals surface area contributed by atoms with Crippen LogP contribution in [0.1, 0.15) is 32.1 Å². The summed E-state index contributed by atoms with van der Waals surface area (Å²) in [5, 5.41) is 14.4. The van der Waals surface area contributed by atoms with Gasteiger partial charge in [-0.15, -0.1) is 0 Å². The number of halogens is 2. The maximum atomic E-state index is 14.0. The van der Waals surface area contributed by atoms with Crippen molar-refractivity contribution in [2.24, 2.45) is 0 Å². The van der Waals surface area contributed by atoms with Crippen LogP contribution in [0.25, 0.3) is 22.0 Å². The molecule has 0 spiro atoms. The number of phenolic OH excluding ortho intramolecular Hbond substituents is 1. The van der Waals surface area contributed by atoms with Gasteiger partial charge in [0.1, 0.15) is 0 Å². The largest absolute Gasteiger partial charge is 0.504 e. The lowest BCUT2D eigenvalue weighted by Gasteiger charge is -2.35. The third-order valence-electron chi connectivity index (χ3n) is 7.17. The number of fused-ring (bicyclic) bond motifs is 1.